The summed E-state index contributed by atoms with van der Waals surface area (Å²) in [6, 6.07) is 13.1. The molecule has 2 heterocycles. The zero-order chi connectivity index (χ0) is 18.1. The lowest BCUT2D eigenvalue weighted by molar-refractivity contribution is 0.225. The number of anilines is 1. The van der Waals surface area contributed by atoms with Gasteiger partial charge in [0.15, 0.2) is 11.9 Å². The van der Waals surface area contributed by atoms with E-state index in [9.17, 15) is 0 Å². The third-order valence-electron chi connectivity index (χ3n) is 3.85. The number of fused-ring (bicyclic) bond motifs is 3. The van der Waals surface area contributed by atoms with Crippen LogP contribution in [0.5, 0.6) is 5.88 Å². The quantitative estimate of drug-likeness (QED) is 0.584. The van der Waals surface area contributed by atoms with Crippen LogP contribution in [-0.2, 0) is 0 Å². The molecular formula is C18H14Cl2N4OS. The van der Waals surface area contributed by atoms with E-state index in [1.165, 1.54) is 11.8 Å². The van der Waals surface area contributed by atoms with E-state index in [1.807, 2.05) is 37.3 Å². The molecule has 1 aliphatic rings. The normalized spacial score (nSPS) is 15.3. The van der Waals surface area contributed by atoms with Gasteiger partial charge in [-0.25, -0.2) is 0 Å². The predicted molar refractivity (Wildman–Crippen MR) is 105 cm³/mol. The molecule has 5 nitrogen and oxygen atoms in total. The number of para-hydroxylation sites is 1. The van der Waals surface area contributed by atoms with Gasteiger partial charge in [0, 0.05) is 21.8 Å². The monoisotopic (exact) mass is 404 g/mol. The molecule has 0 aliphatic carbocycles. The molecule has 0 saturated heterocycles. The van der Waals surface area contributed by atoms with Crippen molar-refractivity contribution in [1.29, 1.82) is 0 Å². The minimum absolute atomic E-state index is 0.421. The molecule has 132 valence electrons. The second-order valence-electron chi connectivity index (χ2n) is 5.53. The van der Waals surface area contributed by atoms with E-state index in [0.717, 1.165) is 22.6 Å². The zero-order valence-electron chi connectivity index (χ0n) is 13.7. The molecule has 2 aromatic carbocycles. The molecule has 0 bridgehead atoms. The number of halogens is 2. The number of benzene rings is 2. The fraction of sp³-hybridized carbons (Fsp3) is 0.167. The van der Waals surface area contributed by atoms with Crippen molar-refractivity contribution in [2.45, 2.75) is 18.3 Å². The number of aromatic nitrogens is 3. The highest BCUT2D eigenvalue weighted by molar-refractivity contribution is 7.99. The van der Waals surface area contributed by atoms with Gasteiger partial charge in [-0.2, -0.15) is 4.98 Å². The van der Waals surface area contributed by atoms with Crippen LogP contribution >= 0.6 is 35.0 Å². The number of thioether (sulfide) groups is 1. The lowest BCUT2D eigenvalue weighted by Gasteiger charge is -2.20. The van der Waals surface area contributed by atoms with E-state index in [0.29, 0.717) is 26.8 Å². The lowest BCUT2D eigenvalue weighted by atomic mass is 10.1. The Balaban J connectivity index is 1.84. The topological polar surface area (TPSA) is 59.9 Å². The second-order valence-corrected chi connectivity index (χ2v) is 7.61. The van der Waals surface area contributed by atoms with Crippen molar-refractivity contribution in [2.24, 2.45) is 0 Å². The Kier molecular flexibility index (Phi) is 4.89. The van der Waals surface area contributed by atoms with Crippen molar-refractivity contribution < 1.29 is 4.74 Å². The molecule has 0 fully saturated rings. The first-order valence-electron chi connectivity index (χ1n) is 8.00. The van der Waals surface area contributed by atoms with Crippen LogP contribution in [0, 0.1) is 0 Å². The second kappa shape index (κ2) is 7.31. The number of rotatable bonds is 3. The molecule has 8 heteroatoms. The highest BCUT2D eigenvalue weighted by Gasteiger charge is 2.27. The maximum atomic E-state index is 6.39. The van der Waals surface area contributed by atoms with Crippen molar-refractivity contribution in [3.05, 3.63) is 58.1 Å². The predicted octanol–water partition coefficient (Wildman–Crippen LogP) is 5.46. The van der Waals surface area contributed by atoms with E-state index in [2.05, 4.69) is 20.5 Å². The Morgan fingerprint density at radius 2 is 2.00 bits per heavy atom. The Bertz CT molecular complexity index is 970. The average molecular weight is 405 g/mol. The van der Waals surface area contributed by atoms with Crippen LogP contribution in [0.1, 0.15) is 18.7 Å². The fourth-order valence-electron chi connectivity index (χ4n) is 2.69. The summed E-state index contributed by atoms with van der Waals surface area (Å²) in [6.45, 7) is 2.04. The molecule has 0 amide bonds. The first-order valence-corrected chi connectivity index (χ1v) is 9.75. The molecule has 4 rings (SSSR count). The molecule has 0 spiro atoms. The molecule has 1 N–H and O–H groups in total. The number of nitrogens with one attached hydrogen (secondary N) is 1. The molecule has 1 atom stereocenters. The molecule has 0 radical (unpaired) electrons. The third-order valence-corrected chi connectivity index (χ3v) is 5.13. The van der Waals surface area contributed by atoms with Crippen molar-refractivity contribution in [3.8, 4) is 17.1 Å². The van der Waals surface area contributed by atoms with Crippen molar-refractivity contribution >= 4 is 40.7 Å². The van der Waals surface area contributed by atoms with Gasteiger partial charge in [-0.15, -0.1) is 10.2 Å². The van der Waals surface area contributed by atoms with E-state index in [4.69, 9.17) is 27.9 Å². The summed E-state index contributed by atoms with van der Waals surface area (Å²) in [5, 5.41) is 13.6. The number of ether oxygens (including phenoxy) is 1. The van der Waals surface area contributed by atoms with Crippen molar-refractivity contribution in [3.63, 3.8) is 0 Å². The minimum atomic E-state index is -0.529. The maximum Gasteiger partial charge on any atom is 0.247 e. The smallest absolute Gasteiger partial charge is 0.247 e. The molecular weight excluding hydrogens is 391 g/mol. The fourth-order valence-corrected chi connectivity index (χ4v) is 3.70. The van der Waals surface area contributed by atoms with Crippen LogP contribution in [-0.4, -0.2) is 20.9 Å². The van der Waals surface area contributed by atoms with Crippen LogP contribution in [0.2, 0.25) is 10.0 Å². The molecule has 0 unspecified atom stereocenters. The largest absolute Gasteiger partial charge is 0.448 e. The van der Waals surface area contributed by atoms with Crippen molar-refractivity contribution in [1.82, 2.24) is 15.2 Å². The first kappa shape index (κ1) is 17.4. The van der Waals surface area contributed by atoms with Gasteiger partial charge in [-0.05, 0) is 24.0 Å². The standard InChI is InChI=1S/C18H14Cl2N4OS/c1-2-26-18-22-17-15(23-24-18)12-5-3-4-6-14(12)21-16(25-17)11-8-7-10(19)9-13(11)20/h3-9,16,21H,2H2,1H3/t16-/m0/s1. The Morgan fingerprint density at radius 1 is 1.15 bits per heavy atom. The summed E-state index contributed by atoms with van der Waals surface area (Å²) < 4.78 is 6.17. The Hall–Kier alpha value is -2.02. The summed E-state index contributed by atoms with van der Waals surface area (Å²) in [7, 11) is 0. The zero-order valence-corrected chi connectivity index (χ0v) is 16.1. The van der Waals surface area contributed by atoms with Crippen LogP contribution in [0.25, 0.3) is 11.3 Å². The van der Waals surface area contributed by atoms with Gasteiger partial charge in [0.2, 0.25) is 11.0 Å². The third kappa shape index (κ3) is 3.32. The Labute approximate surface area is 165 Å². The van der Waals surface area contributed by atoms with Gasteiger partial charge >= 0.3 is 0 Å². The molecule has 3 aromatic rings. The number of nitrogens with zero attached hydrogens (tertiary/aromatic N) is 3. The van der Waals surface area contributed by atoms with Crippen LogP contribution in [0.3, 0.4) is 0 Å². The highest BCUT2D eigenvalue weighted by atomic mass is 35.5. The summed E-state index contributed by atoms with van der Waals surface area (Å²) in [5.74, 6) is 1.27. The minimum Gasteiger partial charge on any atom is -0.448 e. The van der Waals surface area contributed by atoms with Gasteiger partial charge in [0.25, 0.3) is 0 Å². The molecule has 26 heavy (non-hydrogen) atoms. The van der Waals surface area contributed by atoms with Gasteiger partial charge < -0.3 is 10.1 Å². The Morgan fingerprint density at radius 3 is 2.81 bits per heavy atom. The van der Waals surface area contributed by atoms with E-state index in [-0.39, 0.29) is 0 Å². The van der Waals surface area contributed by atoms with Crippen LogP contribution in [0.15, 0.2) is 47.6 Å². The lowest BCUT2D eigenvalue weighted by Crippen LogP contribution is -2.17. The van der Waals surface area contributed by atoms with Gasteiger partial charge in [-0.3, -0.25) is 0 Å². The molecule has 0 saturated carbocycles. The van der Waals surface area contributed by atoms with Crippen molar-refractivity contribution in [2.75, 3.05) is 11.1 Å². The summed E-state index contributed by atoms with van der Waals surface area (Å²) in [4.78, 5) is 4.54. The van der Waals surface area contributed by atoms with E-state index < -0.39 is 6.23 Å². The van der Waals surface area contributed by atoms with E-state index in [1.54, 1.807) is 12.1 Å². The molecule has 1 aliphatic heterocycles. The molecule has 1 aromatic heterocycles. The summed E-state index contributed by atoms with van der Waals surface area (Å²) in [6.07, 6.45) is -0.529. The first-order chi connectivity index (χ1) is 12.7. The maximum absolute atomic E-state index is 6.39. The van der Waals surface area contributed by atoms with E-state index >= 15 is 0 Å². The van der Waals surface area contributed by atoms with Gasteiger partial charge in [0.05, 0.1) is 5.02 Å². The number of hydrogen-bond acceptors (Lipinski definition) is 6. The van der Waals surface area contributed by atoms with Crippen LogP contribution < -0.4 is 10.1 Å². The van der Waals surface area contributed by atoms with Gasteiger partial charge in [0.1, 0.15) is 0 Å². The van der Waals surface area contributed by atoms with Gasteiger partial charge in [-0.1, -0.05) is 66.2 Å². The number of hydrogen-bond donors (Lipinski definition) is 1. The summed E-state index contributed by atoms with van der Waals surface area (Å²) in [5.41, 5.74) is 3.11. The summed E-state index contributed by atoms with van der Waals surface area (Å²) >= 11 is 13.9. The highest BCUT2D eigenvalue weighted by Crippen LogP contribution is 2.40. The SMILES string of the molecule is CCSc1nnc2c(n1)O[C@@H](c1ccc(Cl)cc1Cl)Nc1ccccc1-2. The average Bonchev–Trinajstić information content (AvgIpc) is 2.78. The van der Waals surface area contributed by atoms with Crippen LogP contribution in [0.4, 0.5) is 5.69 Å².